The molecule has 1 N–H and O–H groups in total. The van der Waals surface area contributed by atoms with E-state index in [4.69, 9.17) is 14.2 Å². The highest BCUT2D eigenvalue weighted by Gasteiger charge is 2.39. The standard InChI is InChI=1S/C28H28FN3O5S/c1-35-20-11-9-19(10-12-20)30-26(33)17-25-27(34)32(28(38-25)31-22-7-5-4-6-21(22)29)15-14-18-8-13-23(36-2)24(16-18)37-3/h4-13,16,25H,14-15,17H2,1-3H3,(H,30,33)/t25-/m0/s1. The van der Waals surface area contributed by atoms with Crippen LogP contribution >= 0.6 is 11.8 Å². The number of nitrogens with one attached hydrogen (secondary N) is 1. The van der Waals surface area contributed by atoms with Crippen LogP contribution in [-0.4, -0.2) is 55.0 Å². The molecule has 2 amide bonds. The van der Waals surface area contributed by atoms with Crippen molar-refractivity contribution in [3.8, 4) is 17.2 Å². The zero-order valence-electron chi connectivity index (χ0n) is 21.3. The normalized spacial score (nSPS) is 16.0. The first-order chi connectivity index (χ1) is 18.4. The molecule has 0 radical (unpaired) electrons. The van der Waals surface area contributed by atoms with Gasteiger partial charge in [-0.15, -0.1) is 0 Å². The summed E-state index contributed by atoms with van der Waals surface area (Å²) in [5, 5.41) is 2.47. The van der Waals surface area contributed by atoms with Gasteiger partial charge in [0.15, 0.2) is 16.7 Å². The van der Waals surface area contributed by atoms with Gasteiger partial charge >= 0.3 is 0 Å². The Balaban J connectivity index is 1.51. The summed E-state index contributed by atoms with van der Waals surface area (Å²) in [6, 6.07) is 18.6. The summed E-state index contributed by atoms with van der Waals surface area (Å²) >= 11 is 1.16. The molecule has 0 saturated carbocycles. The number of hydrogen-bond acceptors (Lipinski definition) is 7. The van der Waals surface area contributed by atoms with Crippen molar-refractivity contribution in [2.75, 3.05) is 33.2 Å². The average Bonchev–Trinajstić information content (AvgIpc) is 3.22. The first-order valence-electron chi connectivity index (χ1n) is 11.9. The number of thioether (sulfide) groups is 1. The second kappa shape index (κ2) is 12.5. The van der Waals surface area contributed by atoms with Crippen LogP contribution in [-0.2, 0) is 16.0 Å². The Hall–Kier alpha value is -4.05. The quantitative estimate of drug-likeness (QED) is 0.389. The van der Waals surface area contributed by atoms with Gasteiger partial charge in [0, 0.05) is 18.7 Å². The Labute approximate surface area is 224 Å². The first kappa shape index (κ1) is 27.0. The third-order valence-corrected chi connectivity index (χ3v) is 7.08. The highest BCUT2D eigenvalue weighted by molar-refractivity contribution is 8.15. The lowest BCUT2D eigenvalue weighted by Crippen LogP contribution is -2.35. The van der Waals surface area contributed by atoms with Crippen LogP contribution in [0.4, 0.5) is 15.8 Å². The molecule has 4 rings (SSSR count). The fourth-order valence-electron chi connectivity index (χ4n) is 3.91. The molecular formula is C28H28FN3O5S. The molecule has 0 aromatic heterocycles. The molecular weight excluding hydrogens is 509 g/mol. The monoisotopic (exact) mass is 537 g/mol. The number of rotatable bonds is 10. The number of nitrogens with zero attached hydrogens (tertiary/aromatic N) is 2. The minimum Gasteiger partial charge on any atom is -0.497 e. The van der Waals surface area contributed by atoms with Crippen LogP contribution in [0.2, 0.25) is 0 Å². The van der Waals surface area contributed by atoms with Gasteiger partial charge in [0.1, 0.15) is 22.5 Å². The van der Waals surface area contributed by atoms with Gasteiger partial charge in [0.25, 0.3) is 0 Å². The van der Waals surface area contributed by atoms with Crippen LogP contribution in [0, 0.1) is 5.82 Å². The topological polar surface area (TPSA) is 89.5 Å². The molecule has 0 aliphatic carbocycles. The zero-order chi connectivity index (χ0) is 27.1. The number of hydrogen-bond donors (Lipinski definition) is 1. The van der Waals surface area contributed by atoms with E-state index in [1.807, 2.05) is 12.1 Å². The van der Waals surface area contributed by atoms with Crippen LogP contribution in [0.1, 0.15) is 12.0 Å². The van der Waals surface area contributed by atoms with Crippen molar-refractivity contribution in [1.29, 1.82) is 0 Å². The molecule has 0 unspecified atom stereocenters. The molecule has 10 heteroatoms. The summed E-state index contributed by atoms with van der Waals surface area (Å²) < 4.78 is 30.2. The van der Waals surface area contributed by atoms with Crippen molar-refractivity contribution in [1.82, 2.24) is 4.90 Å². The van der Waals surface area contributed by atoms with E-state index < -0.39 is 11.1 Å². The first-order valence-corrected chi connectivity index (χ1v) is 12.8. The SMILES string of the molecule is COc1ccc(NC(=O)C[C@@H]2SC(=Nc3ccccc3F)N(CCc3ccc(OC)c(OC)c3)C2=O)cc1. The lowest BCUT2D eigenvalue weighted by Gasteiger charge is -2.17. The molecule has 1 heterocycles. The average molecular weight is 538 g/mol. The van der Waals surface area contributed by atoms with Crippen LogP contribution in [0.5, 0.6) is 17.2 Å². The summed E-state index contributed by atoms with van der Waals surface area (Å²) in [7, 11) is 4.69. The molecule has 1 aliphatic heterocycles. The Morgan fingerprint density at radius 1 is 1.00 bits per heavy atom. The number of aliphatic imine (C=N–C) groups is 1. The van der Waals surface area contributed by atoms with E-state index in [0.717, 1.165) is 17.3 Å². The maximum absolute atomic E-state index is 14.4. The molecule has 1 fully saturated rings. The summed E-state index contributed by atoms with van der Waals surface area (Å²) in [4.78, 5) is 32.1. The molecule has 3 aromatic carbocycles. The Bertz CT molecular complexity index is 1330. The van der Waals surface area contributed by atoms with Gasteiger partial charge in [-0.3, -0.25) is 14.5 Å². The third-order valence-electron chi connectivity index (χ3n) is 5.91. The number of anilines is 1. The number of ether oxygens (including phenoxy) is 3. The van der Waals surface area contributed by atoms with Crippen molar-refractivity contribution in [2.45, 2.75) is 18.1 Å². The second-order valence-corrected chi connectivity index (χ2v) is 9.53. The van der Waals surface area contributed by atoms with Crippen molar-refractivity contribution in [2.24, 2.45) is 4.99 Å². The van der Waals surface area contributed by atoms with Gasteiger partial charge in [-0.05, 0) is 60.5 Å². The smallest absolute Gasteiger partial charge is 0.242 e. The van der Waals surface area contributed by atoms with Crippen LogP contribution in [0.3, 0.4) is 0 Å². The highest BCUT2D eigenvalue weighted by atomic mass is 32.2. The number of carbonyl (C=O) groups is 2. The Kier molecular flexibility index (Phi) is 8.85. The number of benzene rings is 3. The van der Waals surface area contributed by atoms with Crippen molar-refractivity contribution < 1.29 is 28.2 Å². The number of amidine groups is 1. The minimum atomic E-state index is -0.691. The van der Waals surface area contributed by atoms with Crippen LogP contribution in [0.15, 0.2) is 71.7 Å². The van der Waals surface area contributed by atoms with Gasteiger partial charge in [0.2, 0.25) is 11.8 Å². The van der Waals surface area contributed by atoms with E-state index in [1.165, 1.54) is 11.0 Å². The van der Waals surface area contributed by atoms with E-state index in [0.29, 0.717) is 41.1 Å². The Morgan fingerprint density at radius 2 is 1.74 bits per heavy atom. The number of methoxy groups -OCH3 is 3. The maximum atomic E-state index is 14.4. The van der Waals surface area contributed by atoms with Gasteiger partial charge in [0.05, 0.1) is 21.3 Å². The van der Waals surface area contributed by atoms with Gasteiger partial charge < -0.3 is 19.5 Å². The van der Waals surface area contributed by atoms with Crippen molar-refractivity contribution in [3.05, 3.63) is 78.1 Å². The van der Waals surface area contributed by atoms with Crippen molar-refractivity contribution >= 4 is 40.1 Å². The van der Waals surface area contributed by atoms with Gasteiger partial charge in [-0.25, -0.2) is 9.38 Å². The summed E-state index contributed by atoms with van der Waals surface area (Å²) in [5.41, 5.74) is 1.64. The van der Waals surface area contributed by atoms with Crippen LogP contribution < -0.4 is 19.5 Å². The van der Waals surface area contributed by atoms with Crippen LogP contribution in [0.25, 0.3) is 0 Å². The second-order valence-electron chi connectivity index (χ2n) is 8.36. The van der Waals surface area contributed by atoms with Crippen molar-refractivity contribution in [3.63, 3.8) is 0 Å². The van der Waals surface area contributed by atoms with E-state index in [1.54, 1.807) is 69.9 Å². The van der Waals surface area contributed by atoms with Gasteiger partial charge in [-0.1, -0.05) is 30.0 Å². The highest BCUT2D eigenvalue weighted by Crippen LogP contribution is 2.33. The fourth-order valence-corrected chi connectivity index (χ4v) is 5.08. The number of halogens is 1. The fraction of sp³-hybridized carbons (Fsp3) is 0.250. The van der Waals surface area contributed by atoms with E-state index in [-0.39, 0.29) is 23.9 Å². The molecule has 3 aromatic rings. The molecule has 1 aliphatic rings. The number of para-hydroxylation sites is 1. The lowest BCUT2D eigenvalue weighted by molar-refractivity contribution is -0.128. The third kappa shape index (κ3) is 6.44. The molecule has 198 valence electrons. The molecule has 8 nitrogen and oxygen atoms in total. The predicted octanol–water partition coefficient (Wildman–Crippen LogP) is 5.05. The largest absolute Gasteiger partial charge is 0.497 e. The van der Waals surface area contributed by atoms with E-state index >= 15 is 0 Å². The number of amides is 2. The predicted molar refractivity (Wildman–Crippen MR) is 146 cm³/mol. The summed E-state index contributed by atoms with van der Waals surface area (Å²) in [6.07, 6.45) is 0.437. The zero-order valence-corrected chi connectivity index (χ0v) is 22.1. The molecule has 0 bridgehead atoms. The number of carbonyl (C=O) groups excluding carboxylic acids is 2. The minimum absolute atomic E-state index is 0.0569. The lowest BCUT2D eigenvalue weighted by atomic mass is 10.1. The summed E-state index contributed by atoms with van der Waals surface area (Å²) in [5.74, 6) is 0.801. The van der Waals surface area contributed by atoms with E-state index in [9.17, 15) is 14.0 Å². The summed E-state index contributed by atoms with van der Waals surface area (Å²) in [6.45, 7) is 0.297. The molecule has 1 saturated heterocycles. The van der Waals surface area contributed by atoms with Gasteiger partial charge in [-0.2, -0.15) is 0 Å². The van der Waals surface area contributed by atoms with E-state index in [2.05, 4.69) is 10.3 Å². The molecule has 38 heavy (non-hydrogen) atoms. The Morgan fingerprint density at radius 3 is 2.42 bits per heavy atom. The molecule has 0 spiro atoms. The molecule has 1 atom stereocenters. The maximum Gasteiger partial charge on any atom is 0.242 e.